The van der Waals surface area contributed by atoms with Crippen molar-refractivity contribution in [1.82, 2.24) is 0 Å². The van der Waals surface area contributed by atoms with Gasteiger partial charge in [-0.2, -0.15) is 0 Å². The third-order valence-corrected chi connectivity index (χ3v) is 5.99. The summed E-state index contributed by atoms with van der Waals surface area (Å²) in [6.45, 7) is -1.67. The van der Waals surface area contributed by atoms with Gasteiger partial charge in [-0.1, -0.05) is 18.2 Å². The van der Waals surface area contributed by atoms with Gasteiger partial charge in [0.15, 0.2) is 12.4 Å². The largest absolute Gasteiger partial charge is 0.508 e. The van der Waals surface area contributed by atoms with Crippen molar-refractivity contribution in [2.75, 3.05) is 19.8 Å². The lowest BCUT2D eigenvalue weighted by Crippen LogP contribution is -2.62. The highest BCUT2D eigenvalue weighted by atomic mass is 16.8. The van der Waals surface area contributed by atoms with E-state index in [-0.39, 0.29) is 17.1 Å². The number of rotatable bonds is 8. The lowest BCUT2D eigenvalue weighted by atomic mass is 9.98. The Kier molecular flexibility index (Phi) is 8.07. The zero-order valence-electron chi connectivity index (χ0n) is 19.0. The predicted molar refractivity (Wildman–Crippen MR) is 119 cm³/mol. The standard InChI is InChI=1S/C24H28O12/c25-11-24(31)12-33-23(20(24)29)36-19-18(28)17(27)16(10-32-21(30)13-4-2-1-3-5-13)35-22(19)34-15-8-6-14(26)7-9-15/h1-9,16-20,22-23,25-29,31H,10-12H2/t16-,17-,18+,19-,20+,22+,23+,24-/m1/s1. The maximum atomic E-state index is 12.3. The maximum absolute atomic E-state index is 12.3. The predicted octanol–water partition coefficient (Wildman–Crippen LogP) is -1.10. The second-order valence-corrected chi connectivity index (χ2v) is 8.59. The van der Waals surface area contributed by atoms with Gasteiger partial charge in [0.05, 0.1) is 18.8 Å². The van der Waals surface area contributed by atoms with Crippen molar-refractivity contribution in [2.24, 2.45) is 0 Å². The molecule has 0 saturated carbocycles. The minimum atomic E-state index is -1.98. The Labute approximate surface area is 205 Å². The summed E-state index contributed by atoms with van der Waals surface area (Å²) in [7, 11) is 0. The quantitative estimate of drug-likeness (QED) is 0.237. The Bertz CT molecular complexity index is 1000. The molecule has 2 aliphatic rings. The second-order valence-electron chi connectivity index (χ2n) is 8.59. The number of hydrogen-bond donors (Lipinski definition) is 6. The van der Waals surface area contributed by atoms with Crippen LogP contribution in [0.25, 0.3) is 0 Å². The van der Waals surface area contributed by atoms with Gasteiger partial charge in [0.2, 0.25) is 6.29 Å². The summed E-state index contributed by atoms with van der Waals surface area (Å²) in [6, 6.07) is 13.7. The van der Waals surface area contributed by atoms with Crippen LogP contribution in [0, 0.1) is 0 Å². The molecule has 0 radical (unpaired) electrons. The molecule has 196 valence electrons. The lowest BCUT2D eigenvalue weighted by molar-refractivity contribution is -0.318. The number of esters is 1. The van der Waals surface area contributed by atoms with Gasteiger partial charge in [0.25, 0.3) is 0 Å². The minimum absolute atomic E-state index is 0.0216. The molecule has 2 heterocycles. The molecule has 0 aliphatic carbocycles. The molecule has 36 heavy (non-hydrogen) atoms. The van der Waals surface area contributed by atoms with Crippen molar-refractivity contribution in [1.29, 1.82) is 0 Å². The molecule has 2 aromatic carbocycles. The molecule has 2 aliphatic heterocycles. The van der Waals surface area contributed by atoms with Gasteiger partial charge in [-0.3, -0.25) is 0 Å². The Morgan fingerprint density at radius 3 is 2.33 bits per heavy atom. The number of phenols is 1. The molecular weight excluding hydrogens is 480 g/mol. The Balaban J connectivity index is 1.50. The van der Waals surface area contributed by atoms with Crippen molar-refractivity contribution in [2.45, 2.75) is 48.7 Å². The van der Waals surface area contributed by atoms with Crippen LogP contribution in [0.4, 0.5) is 0 Å². The van der Waals surface area contributed by atoms with E-state index in [9.17, 15) is 35.4 Å². The normalized spacial score (nSPS) is 34.3. The average Bonchev–Trinajstić information content (AvgIpc) is 3.18. The van der Waals surface area contributed by atoms with Gasteiger partial charge in [-0.05, 0) is 36.4 Å². The smallest absolute Gasteiger partial charge is 0.338 e. The van der Waals surface area contributed by atoms with Crippen LogP contribution in [0.5, 0.6) is 11.5 Å². The SMILES string of the molecule is O=C(OC[C@H]1O[C@H](Oc2ccc(O)cc2)[C@H](O[C@@H]2OC[C@](O)(CO)[C@H]2O)[C@@H](O)[C@@H]1O)c1ccccc1. The Hall–Kier alpha value is -2.81. The summed E-state index contributed by atoms with van der Waals surface area (Å²) in [4.78, 5) is 12.3. The third kappa shape index (κ3) is 5.61. The fourth-order valence-electron chi connectivity index (χ4n) is 3.82. The molecule has 2 fully saturated rings. The average molecular weight is 508 g/mol. The molecule has 0 aromatic heterocycles. The van der Waals surface area contributed by atoms with Gasteiger partial charge in [0.1, 0.15) is 48.1 Å². The van der Waals surface area contributed by atoms with Crippen LogP contribution < -0.4 is 4.74 Å². The topological polar surface area (TPSA) is 185 Å². The van der Waals surface area contributed by atoms with Gasteiger partial charge < -0.3 is 54.3 Å². The van der Waals surface area contributed by atoms with Gasteiger partial charge >= 0.3 is 5.97 Å². The number of aromatic hydroxyl groups is 1. The molecule has 0 unspecified atom stereocenters. The second kappa shape index (κ2) is 11.1. The van der Waals surface area contributed by atoms with E-state index in [2.05, 4.69) is 0 Å². The Morgan fingerprint density at radius 2 is 1.69 bits per heavy atom. The summed E-state index contributed by atoms with van der Waals surface area (Å²) in [5.74, 6) is -0.484. The first-order valence-electron chi connectivity index (χ1n) is 11.2. The molecule has 8 atom stereocenters. The number of aliphatic hydroxyl groups excluding tert-OH is 4. The number of carbonyl (C=O) groups is 1. The van der Waals surface area contributed by atoms with E-state index in [0.717, 1.165) is 0 Å². The van der Waals surface area contributed by atoms with E-state index < -0.39 is 74.5 Å². The number of carbonyl (C=O) groups excluding carboxylic acids is 1. The molecule has 12 nitrogen and oxygen atoms in total. The highest BCUT2D eigenvalue weighted by Gasteiger charge is 2.53. The molecular formula is C24H28O12. The number of benzene rings is 2. The van der Waals surface area contributed by atoms with Crippen molar-refractivity contribution in [3.63, 3.8) is 0 Å². The lowest BCUT2D eigenvalue weighted by Gasteiger charge is -2.42. The van der Waals surface area contributed by atoms with Crippen LogP contribution in [-0.4, -0.2) is 105 Å². The molecule has 4 rings (SSSR count). The van der Waals surface area contributed by atoms with Crippen LogP contribution in [0.3, 0.4) is 0 Å². The van der Waals surface area contributed by atoms with Crippen molar-refractivity contribution >= 4 is 5.97 Å². The van der Waals surface area contributed by atoms with Crippen molar-refractivity contribution in [3.8, 4) is 11.5 Å². The minimum Gasteiger partial charge on any atom is -0.508 e. The number of phenolic OH excluding ortho intramolecular Hbond substituents is 1. The van der Waals surface area contributed by atoms with E-state index in [1.807, 2.05) is 0 Å². The van der Waals surface area contributed by atoms with Crippen LogP contribution >= 0.6 is 0 Å². The summed E-state index contributed by atoms with van der Waals surface area (Å²) < 4.78 is 27.7. The summed E-state index contributed by atoms with van der Waals surface area (Å²) in [6.07, 6.45) is -10.5. The molecule has 2 saturated heterocycles. The van der Waals surface area contributed by atoms with Crippen molar-refractivity contribution in [3.05, 3.63) is 60.2 Å². The molecule has 12 heteroatoms. The fourth-order valence-corrected chi connectivity index (χ4v) is 3.82. The van der Waals surface area contributed by atoms with E-state index in [1.165, 1.54) is 24.3 Å². The zero-order chi connectivity index (χ0) is 25.9. The van der Waals surface area contributed by atoms with Gasteiger partial charge in [-0.25, -0.2) is 4.79 Å². The fraction of sp³-hybridized carbons (Fsp3) is 0.458. The highest BCUT2D eigenvalue weighted by Crippen LogP contribution is 2.32. The van der Waals surface area contributed by atoms with Gasteiger partial charge in [0, 0.05) is 0 Å². The van der Waals surface area contributed by atoms with Crippen LogP contribution in [0.15, 0.2) is 54.6 Å². The summed E-state index contributed by atoms with van der Waals surface area (Å²) in [5.41, 5.74) is -1.70. The van der Waals surface area contributed by atoms with E-state index in [1.54, 1.807) is 30.3 Å². The summed E-state index contributed by atoms with van der Waals surface area (Å²) in [5, 5.41) is 61.0. The van der Waals surface area contributed by atoms with E-state index in [0.29, 0.717) is 0 Å². The molecule has 0 amide bonds. The van der Waals surface area contributed by atoms with E-state index >= 15 is 0 Å². The third-order valence-electron chi connectivity index (χ3n) is 5.99. The van der Waals surface area contributed by atoms with Gasteiger partial charge in [-0.15, -0.1) is 0 Å². The molecule has 2 aromatic rings. The monoisotopic (exact) mass is 508 g/mol. The highest BCUT2D eigenvalue weighted by molar-refractivity contribution is 5.89. The first-order valence-corrected chi connectivity index (χ1v) is 11.2. The Morgan fingerprint density at radius 1 is 1.00 bits per heavy atom. The molecule has 0 bridgehead atoms. The molecule has 0 spiro atoms. The van der Waals surface area contributed by atoms with Crippen LogP contribution in [-0.2, 0) is 18.9 Å². The van der Waals surface area contributed by atoms with Crippen LogP contribution in [0.2, 0.25) is 0 Å². The first-order chi connectivity index (χ1) is 17.2. The number of aliphatic hydroxyl groups is 5. The van der Waals surface area contributed by atoms with Crippen molar-refractivity contribution < 1.29 is 59.1 Å². The first kappa shape index (κ1) is 26.3. The zero-order valence-corrected chi connectivity index (χ0v) is 19.0. The number of ether oxygens (including phenoxy) is 5. The maximum Gasteiger partial charge on any atom is 0.338 e. The number of hydrogen-bond acceptors (Lipinski definition) is 12. The summed E-state index contributed by atoms with van der Waals surface area (Å²) >= 11 is 0. The van der Waals surface area contributed by atoms with E-state index in [4.69, 9.17) is 23.7 Å². The van der Waals surface area contributed by atoms with Crippen LogP contribution in [0.1, 0.15) is 10.4 Å². The molecule has 6 N–H and O–H groups in total.